The monoisotopic (exact) mass is 314 g/mol. The van der Waals surface area contributed by atoms with Crippen LogP contribution in [0.5, 0.6) is 0 Å². The van der Waals surface area contributed by atoms with E-state index in [0.29, 0.717) is 17.3 Å². The summed E-state index contributed by atoms with van der Waals surface area (Å²) in [5.74, 6) is 1.12. The molecule has 1 heterocycles. The molecule has 0 aliphatic heterocycles. The lowest BCUT2D eigenvalue weighted by Crippen LogP contribution is -2.33. The smallest absolute Gasteiger partial charge is 0.333 e. The minimum atomic E-state index is -0.803. The summed E-state index contributed by atoms with van der Waals surface area (Å²) in [6.45, 7) is 3.57. The van der Waals surface area contributed by atoms with Crippen LogP contribution in [-0.2, 0) is 17.8 Å². The Labute approximate surface area is 126 Å². The van der Waals surface area contributed by atoms with Gasteiger partial charge in [-0.15, -0.1) is 0 Å². The summed E-state index contributed by atoms with van der Waals surface area (Å²) in [6.07, 6.45) is 3.71. The standard InChI is InChI=1S/C13H22N4O3S/c1-4-21(20)11-7-5-6-10(8-11)14-13-12(17(18)19)9(2)15-16(13)3/h10-11,14H,4-8H2,1-3H3/t10-,11-,21-/m0/s1. The molecule has 118 valence electrons. The van der Waals surface area contributed by atoms with Crippen LogP contribution in [0.3, 0.4) is 0 Å². The van der Waals surface area contributed by atoms with Gasteiger partial charge < -0.3 is 5.32 Å². The van der Waals surface area contributed by atoms with Gasteiger partial charge in [-0.1, -0.05) is 13.3 Å². The summed E-state index contributed by atoms with van der Waals surface area (Å²) in [4.78, 5) is 10.8. The zero-order valence-corrected chi connectivity index (χ0v) is 13.5. The average molecular weight is 314 g/mol. The molecule has 1 aromatic rings. The van der Waals surface area contributed by atoms with Crippen molar-refractivity contribution in [2.45, 2.75) is 50.8 Å². The maximum atomic E-state index is 12.0. The molecule has 1 fully saturated rings. The topological polar surface area (TPSA) is 90.1 Å². The number of nitrogens with zero attached hydrogens (tertiary/aromatic N) is 3. The fraction of sp³-hybridized carbons (Fsp3) is 0.769. The lowest BCUT2D eigenvalue weighted by atomic mass is 9.95. The van der Waals surface area contributed by atoms with E-state index < -0.39 is 15.7 Å². The molecule has 0 spiro atoms. The highest BCUT2D eigenvalue weighted by atomic mass is 32.2. The van der Waals surface area contributed by atoms with Crippen molar-refractivity contribution in [2.75, 3.05) is 11.1 Å². The molecule has 2 rings (SSSR count). The fourth-order valence-corrected chi connectivity index (χ4v) is 4.32. The van der Waals surface area contributed by atoms with Crippen molar-refractivity contribution in [3.8, 4) is 0 Å². The van der Waals surface area contributed by atoms with Crippen LogP contribution in [0.1, 0.15) is 38.3 Å². The Balaban J connectivity index is 2.15. The summed E-state index contributed by atoms with van der Waals surface area (Å²) in [5.41, 5.74) is 0.450. The van der Waals surface area contributed by atoms with Crippen LogP contribution in [0.4, 0.5) is 11.5 Å². The average Bonchev–Trinajstić information content (AvgIpc) is 2.72. The van der Waals surface area contributed by atoms with Gasteiger partial charge >= 0.3 is 5.69 Å². The first-order chi connectivity index (χ1) is 9.93. The van der Waals surface area contributed by atoms with E-state index in [1.54, 1.807) is 14.0 Å². The predicted octanol–water partition coefficient (Wildman–Crippen LogP) is 2.13. The predicted molar refractivity (Wildman–Crippen MR) is 82.9 cm³/mol. The van der Waals surface area contributed by atoms with Crippen LogP contribution >= 0.6 is 0 Å². The molecule has 0 aromatic carbocycles. The Morgan fingerprint density at radius 1 is 1.52 bits per heavy atom. The van der Waals surface area contributed by atoms with E-state index in [1.165, 1.54) is 4.68 Å². The zero-order chi connectivity index (χ0) is 15.6. The number of aryl methyl sites for hydroxylation is 2. The van der Waals surface area contributed by atoms with Crippen molar-refractivity contribution in [3.63, 3.8) is 0 Å². The van der Waals surface area contributed by atoms with Crippen LogP contribution in [0.25, 0.3) is 0 Å². The van der Waals surface area contributed by atoms with Gasteiger partial charge in [0.25, 0.3) is 0 Å². The maximum Gasteiger partial charge on any atom is 0.333 e. The van der Waals surface area contributed by atoms with Crippen molar-refractivity contribution < 1.29 is 9.13 Å². The van der Waals surface area contributed by atoms with Gasteiger partial charge in [0.15, 0.2) is 0 Å². The second kappa shape index (κ2) is 6.55. The zero-order valence-electron chi connectivity index (χ0n) is 12.7. The van der Waals surface area contributed by atoms with E-state index in [4.69, 9.17) is 0 Å². The molecular weight excluding hydrogens is 292 g/mol. The molecule has 0 amide bonds. The van der Waals surface area contributed by atoms with Gasteiger partial charge in [-0.05, 0) is 26.2 Å². The molecule has 1 saturated carbocycles. The van der Waals surface area contributed by atoms with Gasteiger partial charge in [-0.3, -0.25) is 14.3 Å². The van der Waals surface area contributed by atoms with Crippen LogP contribution in [0.2, 0.25) is 0 Å². The normalized spacial score (nSPS) is 23.8. The molecule has 8 heteroatoms. The Morgan fingerprint density at radius 3 is 2.86 bits per heavy atom. The number of nitro groups is 1. The van der Waals surface area contributed by atoms with Crippen molar-refractivity contribution in [3.05, 3.63) is 15.8 Å². The molecule has 7 nitrogen and oxygen atoms in total. The molecule has 1 aliphatic carbocycles. The SMILES string of the molecule is CC[S@](=O)[C@H]1CCC[C@H](Nc2c([N+](=O)[O-])c(C)nn2C)C1. The Bertz CT molecular complexity index is 558. The molecule has 1 N–H and O–H groups in total. The van der Waals surface area contributed by atoms with Gasteiger partial charge in [0.1, 0.15) is 5.69 Å². The van der Waals surface area contributed by atoms with Crippen molar-refractivity contribution in [1.29, 1.82) is 0 Å². The van der Waals surface area contributed by atoms with E-state index in [2.05, 4.69) is 10.4 Å². The molecule has 0 unspecified atom stereocenters. The maximum absolute atomic E-state index is 12.0. The minimum Gasteiger partial charge on any atom is -0.362 e. The Morgan fingerprint density at radius 2 is 2.24 bits per heavy atom. The summed E-state index contributed by atoms with van der Waals surface area (Å²) in [6, 6.07) is 0.118. The first-order valence-corrected chi connectivity index (χ1v) is 8.64. The van der Waals surface area contributed by atoms with Crippen molar-refractivity contribution >= 4 is 22.3 Å². The minimum absolute atomic E-state index is 0.0382. The first kappa shape index (κ1) is 15.9. The summed E-state index contributed by atoms with van der Waals surface area (Å²) < 4.78 is 13.5. The number of aromatic nitrogens is 2. The summed E-state index contributed by atoms with van der Waals surface area (Å²) >= 11 is 0. The highest BCUT2D eigenvalue weighted by molar-refractivity contribution is 7.85. The number of hydrogen-bond acceptors (Lipinski definition) is 5. The van der Waals surface area contributed by atoms with Crippen molar-refractivity contribution in [2.24, 2.45) is 7.05 Å². The fourth-order valence-electron chi connectivity index (χ4n) is 2.97. The van der Waals surface area contributed by atoms with E-state index in [-0.39, 0.29) is 17.0 Å². The molecule has 0 radical (unpaired) electrons. The molecular formula is C13H22N4O3S. The number of rotatable bonds is 5. The van der Waals surface area contributed by atoms with Crippen LogP contribution < -0.4 is 5.32 Å². The van der Waals surface area contributed by atoms with Gasteiger partial charge in [0.05, 0.1) is 4.92 Å². The molecule has 21 heavy (non-hydrogen) atoms. The van der Waals surface area contributed by atoms with E-state index in [1.807, 2.05) is 6.92 Å². The largest absolute Gasteiger partial charge is 0.362 e. The third-order valence-electron chi connectivity index (χ3n) is 4.00. The van der Waals surface area contributed by atoms with Crippen LogP contribution in [-0.4, -0.2) is 36.0 Å². The summed E-state index contributed by atoms with van der Waals surface area (Å²) in [7, 11) is 0.899. The Hall–Kier alpha value is -1.44. The lowest BCUT2D eigenvalue weighted by molar-refractivity contribution is -0.384. The van der Waals surface area contributed by atoms with Gasteiger partial charge in [0.2, 0.25) is 5.82 Å². The number of nitrogens with one attached hydrogen (secondary N) is 1. The number of hydrogen-bond donors (Lipinski definition) is 1. The second-order valence-electron chi connectivity index (χ2n) is 5.46. The quantitative estimate of drug-likeness (QED) is 0.664. The third kappa shape index (κ3) is 3.42. The molecule has 1 aromatic heterocycles. The van der Waals surface area contributed by atoms with Gasteiger partial charge in [-0.2, -0.15) is 5.10 Å². The lowest BCUT2D eigenvalue weighted by Gasteiger charge is -2.29. The van der Waals surface area contributed by atoms with E-state index >= 15 is 0 Å². The van der Waals surface area contributed by atoms with Gasteiger partial charge in [-0.25, -0.2) is 4.68 Å². The first-order valence-electron chi connectivity index (χ1n) is 7.25. The highest BCUT2D eigenvalue weighted by Crippen LogP contribution is 2.31. The van der Waals surface area contributed by atoms with E-state index in [9.17, 15) is 14.3 Å². The molecule has 0 bridgehead atoms. The Kier molecular flexibility index (Phi) is 4.97. The molecule has 3 atom stereocenters. The van der Waals surface area contributed by atoms with Crippen LogP contribution in [0.15, 0.2) is 0 Å². The van der Waals surface area contributed by atoms with Crippen LogP contribution in [0, 0.1) is 17.0 Å². The van der Waals surface area contributed by atoms with Gasteiger partial charge in [0, 0.05) is 34.9 Å². The third-order valence-corrected chi connectivity index (χ3v) is 5.74. The second-order valence-corrected chi connectivity index (χ2v) is 7.47. The van der Waals surface area contributed by atoms with Crippen molar-refractivity contribution in [1.82, 2.24) is 9.78 Å². The highest BCUT2D eigenvalue weighted by Gasteiger charge is 2.30. The molecule has 1 aliphatic rings. The number of anilines is 1. The molecule has 0 saturated heterocycles. The van der Waals surface area contributed by atoms with E-state index in [0.717, 1.165) is 25.7 Å². The summed E-state index contributed by atoms with van der Waals surface area (Å²) in [5, 5.41) is 18.7.